The van der Waals surface area contributed by atoms with Crippen LogP contribution in [0.15, 0.2) is 6.33 Å². The fraction of sp³-hybridized carbons (Fsp3) is 0.636. The third-order valence-corrected chi connectivity index (χ3v) is 2.56. The first kappa shape index (κ1) is 14.9. The summed E-state index contributed by atoms with van der Waals surface area (Å²) in [6.07, 6.45) is 3.98. The van der Waals surface area contributed by atoms with Gasteiger partial charge in [-0.15, -0.1) is 0 Å². The molecule has 8 nitrogen and oxygen atoms in total. The fourth-order valence-corrected chi connectivity index (χ4v) is 1.52. The number of carboxylic acid groups (broad SMARTS) is 1. The van der Waals surface area contributed by atoms with Gasteiger partial charge in [0.25, 0.3) is 0 Å². The smallest absolute Gasteiger partial charge is 0.326 e. The number of rotatable bonds is 8. The molecule has 2 amide bonds. The number of amides is 2. The third kappa shape index (κ3) is 5.84. The van der Waals surface area contributed by atoms with Crippen LogP contribution in [0.5, 0.6) is 0 Å². The lowest BCUT2D eigenvalue weighted by atomic mass is 10.1. The summed E-state index contributed by atoms with van der Waals surface area (Å²) in [7, 11) is 0. The zero-order chi connectivity index (χ0) is 14.1. The van der Waals surface area contributed by atoms with Gasteiger partial charge in [0, 0.05) is 13.0 Å². The van der Waals surface area contributed by atoms with Crippen LogP contribution in [0.25, 0.3) is 0 Å². The van der Waals surface area contributed by atoms with E-state index in [1.54, 1.807) is 0 Å². The van der Waals surface area contributed by atoms with Crippen LogP contribution >= 0.6 is 0 Å². The van der Waals surface area contributed by atoms with Crippen molar-refractivity contribution in [3.8, 4) is 0 Å². The van der Waals surface area contributed by atoms with Crippen LogP contribution in [0.2, 0.25) is 0 Å². The van der Waals surface area contributed by atoms with E-state index in [0.717, 1.165) is 12.8 Å². The van der Waals surface area contributed by atoms with Crippen LogP contribution in [0.1, 0.15) is 32.0 Å². The first-order valence-electron chi connectivity index (χ1n) is 6.25. The van der Waals surface area contributed by atoms with E-state index in [4.69, 9.17) is 5.11 Å². The van der Waals surface area contributed by atoms with Crippen molar-refractivity contribution in [2.24, 2.45) is 0 Å². The highest BCUT2D eigenvalue weighted by Crippen LogP contribution is 2.00. The summed E-state index contributed by atoms with van der Waals surface area (Å²) in [6, 6.07) is -1.33. The molecule has 0 bridgehead atoms. The molecule has 1 atom stereocenters. The van der Waals surface area contributed by atoms with E-state index < -0.39 is 18.0 Å². The molecule has 0 saturated carbocycles. The van der Waals surface area contributed by atoms with Crippen molar-refractivity contribution in [1.82, 2.24) is 25.8 Å². The first-order chi connectivity index (χ1) is 9.13. The number of nitrogens with one attached hydrogen (secondary N) is 3. The Hall–Kier alpha value is -2.12. The van der Waals surface area contributed by atoms with E-state index in [2.05, 4.69) is 25.8 Å². The maximum atomic E-state index is 11.5. The minimum absolute atomic E-state index is 0.362. The van der Waals surface area contributed by atoms with Crippen molar-refractivity contribution in [2.45, 2.75) is 38.6 Å². The van der Waals surface area contributed by atoms with Gasteiger partial charge in [0.15, 0.2) is 0 Å². The topological polar surface area (TPSA) is 120 Å². The highest BCUT2D eigenvalue weighted by Gasteiger charge is 2.18. The van der Waals surface area contributed by atoms with Crippen LogP contribution in [0.3, 0.4) is 0 Å². The van der Waals surface area contributed by atoms with Crippen molar-refractivity contribution in [3.05, 3.63) is 12.2 Å². The highest BCUT2D eigenvalue weighted by atomic mass is 16.4. The van der Waals surface area contributed by atoms with Crippen LogP contribution < -0.4 is 10.6 Å². The number of H-pyrrole nitrogens is 1. The predicted octanol–water partition coefficient (Wildman–Crippen LogP) is 0.290. The number of aromatic nitrogens is 3. The summed E-state index contributed by atoms with van der Waals surface area (Å²) in [5.41, 5.74) is 0. The van der Waals surface area contributed by atoms with E-state index in [9.17, 15) is 9.59 Å². The van der Waals surface area contributed by atoms with Crippen LogP contribution in [-0.2, 0) is 11.2 Å². The summed E-state index contributed by atoms with van der Waals surface area (Å²) < 4.78 is 0. The first-order valence-corrected chi connectivity index (χ1v) is 6.25. The second-order valence-corrected chi connectivity index (χ2v) is 4.12. The summed E-state index contributed by atoms with van der Waals surface area (Å²) >= 11 is 0. The lowest BCUT2D eigenvalue weighted by Crippen LogP contribution is -2.46. The number of carboxylic acids is 1. The van der Waals surface area contributed by atoms with E-state index in [0.29, 0.717) is 25.2 Å². The van der Waals surface area contributed by atoms with Gasteiger partial charge in [-0.3, -0.25) is 5.10 Å². The van der Waals surface area contributed by atoms with Gasteiger partial charge in [-0.1, -0.05) is 19.8 Å². The Morgan fingerprint density at radius 2 is 2.32 bits per heavy atom. The molecular formula is C11H19N5O3. The molecule has 1 heterocycles. The van der Waals surface area contributed by atoms with E-state index >= 15 is 0 Å². The maximum Gasteiger partial charge on any atom is 0.326 e. The number of aliphatic carboxylic acids is 1. The van der Waals surface area contributed by atoms with E-state index in [1.807, 2.05) is 6.92 Å². The number of hydrogen-bond donors (Lipinski definition) is 4. The molecule has 0 aliphatic rings. The number of hydrogen-bond acceptors (Lipinski definition) is 4. The van der Waals surface area contributed by atoms with E-state index in [-0.39, 0.29) is 0 Å². The minimum atomic E-state index is -1.01. The maximum absolute atomic E-state index is 11.5. The average Bonchev–Trinajstić information content (AvgIpc) is 2.87. The Labute approximate surface area is 111 Å². The molecule has 106 valence electrons. The van der Waals surface area contributed by atoms with Gasteiger partial charge in [0.05, 0.1) is 0 Å². The molecule has 0 radical (unpaired) electrons. The highest BCUT2D eigenvalue weighted by molar-refractivity contribution is 5.82. The number of unbranched alkanes of at least 4 members (excludes halogenated alkanes) is 1. The Morgan fingerprint density at radius 3 is 2.89 bits per heavy atom. The molecule has 0 aromatic carbocycles. The molecule has 8 heteroatoms. The van der Waals surface area contributed by atoms with Crippen LogP contribution in [0.4, 0.5) is 4.79 Å². The zero-order valence-corrected chi connectivity index (χ0v) is 10.8. The van der Waals surface area contributed by atoms with Crippen molar-refractivity contribution in [2.75, 3.05) is 6.54 Å². The number of aromatic amines is 1. The second kappa shape index (κ2) is 8.06. The minimum Gasteiger partial charge on any atom is -0.480 e. The summed E-state index contributed by atoms with van der Waals surface area (Å²) in [5.74, 6) is -0.347. The molecular weight excluding hydrogens is 250 g/mol. The van der Waals surface area contributed by atoms with Gasteiger partial charge in [-0.25, -0.2) is 14.6 Å². The van der Waals surface area contributed by atoms with Crippen LogP contribution in [0, 0.1) is 0 Å². The number of carbonyl (C=O) groups is 2. The largest absolute Gasteiger partial charge is 0.480 e. The molecule has 0 aliphatic carbocycles. The Balaban J connectivity index is 2.25. The normalized spacial score (nSPS) is 11.8. The molecule has 1 rings (SSSR count). The predicted molar refractivity (Wildman–Crippen MR) is 67.6 cm³/mol. The fourth-order valence-electron chi connectivity index (χ4n) is 1.52. The standard InChI is InChI=1S/C11H19N5O3/c1-2-3-4-8(10(17)18)15-11(19)12-6-5-9-13-7-14-16-9/h7-8H,2-6H2,1H3,(H,17,18)(H2,12,15,19)(H,13,14,16)/t8-/m0/s1. The van der Waals surface area contributed by atoms with Gasteiger partial charge >= 0.3 is 12.0 Å². The lowest BCUT2D eigenvalue weighted by molar-refractivity contribution is -0.139. The van der Waals surface area contributed by atoms with Gasteiger partial charge in [-0.2, -0.15) is 5.10 Å². The summed E-state index contributed by atoms with van der Waals surface area (Å²) in [5, 5.41) is 20.3. The second-order valence-electron chi connectivity index (χ2n) is 4.12. The molecule has 1 aromatic heterocycles. The average molecular weight is 269 g/mol. The molecule has 4 N–H and O–H groups in total. The molecule has 0 unspecified atom stereocenters. The van der Waals surface area contributed by atoms with Gasteiger partial charge in [0.2, 0.25) is 0 Å². The Kier molecular flexibility index (Phi) is 6.34. The molecule has 0 spiro atoms. The Morgan fingerprint density at radius 1 is 1.53 bits per heavy atom. The molecule has 1 aromatic rings. The van der Waals surface area contributed by atoms with Crippen LogP contribution in [-0.4, -0.2) is 44.9 Å². The molecule has 0 fully saturated rings. The number of urea groups is 1. The van der Waals surface area contributed by atoms with E-state index in [1.165, 1.54) is 6.33 Å². The van der Waals surface area contributed by atoms with Gasteiger partial charge < -0.3 is 15.7 Å². The quantitative estimate of drug-likeness (QED) is 0.540. The lowest BCUT2D eigenvalue weighted by Gasteiger charge is -2.14. The summed E-state index contributed by atoms with van der Waals surface area (Å²) in [6.45, 7) is 2.33. The third-order valence-electron chi connectivity index (χ3n) is 2.56. The molecule has 0 aliphatic heterocycles. The number of nitrogens with zero attached hydrogens (tertiary/aromatic N) is 2. The van der Waals surface area contributed by atoms with Gasteiger partial charge in [0.1, 0.15) is 18.2 Å². The monoisotopic (exact) mass is 269 g/mol. The van der Waals surface area contributed by atoms with Crippen molar-refractivity contribution >= 4 is 12.0 Å². The summed E-state index contributed by atoms with van der Waals surface area (Å²) in [4.78, 5) is 26.4. The van der Waals surface area contributed by atoms with Crippen molar-refractivity contribution in [1.29, 1.82) is 0 Å². The van der Waals surface area contributed by atoms with Gasteiger partial charge in [-0.05, 0) is 6.42 Å². The number of carbonyl (C=O) groups excluding carboxylic acids is 1. The molecule has 19 heavy (non-hydrogen) atoms. The van der Waals surface area contributed by atoms with Crippen molar-refractivity contribution in [3.63, 3.8) is 0 Å². The van der Waals surface area contributed by atoms with Crippen molar-refractivity contribution < 1.29 is 14.7 Å². The Bertz CT molecular complexity index is 393. The zero-order valence-electron chi connectivity index (χ0n) is 10.8. The molecule has 0 saturated heterocycles. The SMILES string of the molecule is CCCC[C@H](NC(=O)NCCc1ncn[nH]1)C(=O)O.